The summed E-state index contributed by atoms with van der Waals surface area (Å²) in [7, 11) is 0. The molecule has 0 bridgehead atoms. The summed E-state index contributed by atoms with van der Waals surface area (Å²) in [6.07, 6.45) is 5.29. The molecule has 0 aliphatic heterocycles. The second-order valence-corrected chi connectivity index (χ2v) is 3.00. The van der Waals surface area contributed by atoms with Gasteiger partial charge in [-0.2, -0.15) is 0 Å². The van der Waals surface area contributed by atoms with Crippen molar-refractivity contribution in [2.24, 2.45) is 5.92 Å². The van der Waals surface area contributed by atoms with Crippen LogP contribution >= 0.6 is 0 Å². The van der Waals surface area contributed by atoms with E-state index in [2.05, 4.69) is 6.58 Å². The largest absolute Gasteiger partial charge is 0.458 e. The molecule has 0 amide bonds. The zero-order chi connectivity index (χ0) is 8.27. The van der Waals surface area contributed by atoms with Crippen LogP contribution in [0.15, 0.2) is 12.7 Å². The van der Waals surface area contributed by atoms with Crippen molar-refractivity contribution >= 4 is 5.97 Å². The summed E-state index contributed by atoms with van der Waals surface area (Å²) < 4.78 is 5.05. The summed E-state index contributed by atoms with van der Waals surface area (Å²) in [6, 6.07) is 0. The normalized spacial score (nSPS) is 20.1. The second kappa shape index (κ2) is 3.56. The summed E-state index contributed by atoms with van der Waals surface area (Å²) in [5.74, 6) is 0.332. The van der Waals surface area contributed by atoms with Gasteiger partial charge in [-0.05, 0) is 18.8 Å². The van der Waals surface area contributed by atoms with Gasteiger partial charge < -0.3 is 4.74 Å². The van der Waals surface area contributed by atoms with Crippen LogP contribution in [0, 0.1) is 5.92 Å². The molecule has 1 unspecified atom stereocenters. The number of hydrogen-bond donors (Lipinski definition) is 0. The van der Waals surface area contributed by atoms with Gasteiger partial charge >= 0.3 is 5.97 Å². The summed E-state index contributed by atoms with van der Waals surface area (Å²) in [6.45, 7) is 5.08. The molecule has 0 spiro atoms. The Bertz CT molecular complexity index is 159. The highest BCUT2D eigenvalue weighted by molar-refractivity contribution is 5.66. The van der Waals surface area contributed by atoms with E-state index < -0.39 is 0 Å². The van der Waals surface area contributed by atoms with E-state index in [4.69, 9.17) is 4.74 Å². The molecule has 0 aromatic heterocycles. The van der Waals surface area contributed by atoms with Crippen molar-refractivity contribution in [1.82, 2.24) is 0 Å². The van der Waals surface area contributed by atoms with Crippen molar-refractivity contribution in [3.05, 3.63) is 12.7 Å². The smallest absolute Gasteiger partial charge is 0.303 e. The zero-order valence-electron chi connectivity index (χ0n) is 6.88. The van der Waals surface area contributed by atoms with Gasteiger partial charge in [-0.25, -0.2) is 0 Å². The highest BCUT2D eigenvalue weighted by Gasteiger charge is 2.26. The van der Waals surface area contributed by atoms with Crippen molar-refractivity contribution in [2.45, 2.75) is 32.3 Å². The van der Waals surface area contributed by atoms with Crippen LogP contribution in [-0.2, 0) is 9.53 Å². The van der Waals surface area contributed by atoms with Gasteiger partial charge in [0, 0.05) is 6.92 Å². The molecule has 11 heavy (non-hydrogen) atoms. The van der Waals surface area contributed by atoms with E-state index in [0.29, 0.717) is 5.92 Å². The minimum Gasteiger partial charge on any atom is -0.458 e. The Labute approximate surface area is 67.2 Å². The van der Waals surface area contributed by atoms with Crippen molar-refractivity contribution in [1.29, 1.82) is 0 Å². The van der Waals surface area contributed by atoms with Crippen LogP contribution in [0.4, 0.5) is 0 Å². The molecule has 2 nitrogen and oxygen atoms in total. The molecule has 2 heteroatoms. The van der Waals surface area contributed by atoms with E-state index in [9.17, 15) is 4.79 Å². The maximum atomic E-state index is 10.6. The van der Waals surface area contributed by atoms with Gasteiger partial charge in [0.1, 0.15) is 6.10 Å². The van der Waals surface area contributed by atoms with Gasteiger partial charge in [0.15, 0.2) is 0 Å². The van der Waals surface area contributed by atoms with Gasteiger partial charge in [-0.15, -0.1) is 0 Å². The molecule has 1 atom stereocenters. The molecule has 1 rings (SSSR count). The van der Waals surface area contributed by atoms with Gasteiger partial charge in [-0.3, -0.25) is 4.79 Å². The van der Waals surface area contributed by atoms with E-state index >= 15 is 0 Å². The molecule has 0 heterocycles. The van der Waals surface area contributed by atoms with Gasteiger partial charge in [-0.1, -0.05) is 19.1 Å². The molecule has 62 valence electrons. The lowest BCUT2D eigenvalue weighted by molar-refractivity contribution is -0.147. The molecular formula is C9H14O2. The molecule has 1 saturated carbocycles. The third-order valence-electron chi connectivity index (χ3n) is 2.15. The fourth-order valence-electron chi connectivity index (χ4n) is 1.30. The van der Waals surface area contributed by atoms with Gasteiger partial charge in [0.25, 0.3) is 0 Å². The average molecular weight is 154 g/mol. The number of carbonyl (C=O) groups excluding carboxylic acids is 1. The maximum absolute atomic E-state index is 10.6. The number of hydrogen-bond acceptors (Lipinski definition) is 2. The molecule has 0 aromatic rings. The monoisotopic (exact) mass is 154 g/mol. The first-order valence-electron chi connectivity index (χ1n) is 4.04. The summed E-state index contributed by atoms with van der Waals surface area (Å²) in [5, 5.41) is 0. The molecule has 1 fully saturated rings. The van der Waals surface area contributed by atoms with E-state index in [1.54, 1.807) is 6.08 Å². The lowest BCUT2D eigenvalue weighted by Gasteiger charge is -2.30. The SMILES string of the molecule is C=CC(OC(C)=O)C1CCC1. The predicted octanol–water partition coefficient (Wildman–Crippen LogP) is 1.90. The minimum absolute atomic E-state index is 0.0405. The fourth-order valence-corrected chi connectivity index (χ4v) is 1.30. The van der Waals surface area contributed by atoms with Crippen LogP contribution in [0.1, 0.15) is 26.2 Å². The third kappa shape index (κ3) is 2.07. The quantitative estimate of drug-likeness (QED) is 0.458. The van der Waals surface area contributed by atoms with Crippen LogP contribution in [0.5, 0.6) is 0 Å². The first-order valence-corrected chi connectivity index (χ1v) is 4.04. The topological polar surface area (TPSA) is 26.3 Å². The van der Waals surface area contributed by atoms with Crippen LogP contribution in [-0.4, -0.2) is 12.1 Å². The van der Waals surface area contributed by atoms with Crippen molar-refractivity contribution < 1.29 is 9.53 Å². The van der Waals surface area contributed by atoms with Crippen LogP contribution in [0.25, 0.3) is 0 Å². The Hall–Kier alpha value is -0.790. The first-order chi connectivity index (χ1) is 5.24. The number of ether oxygens (including phenoxy) is 1. The summed E-state index contributed by atoms with van der Waals surface area (Å²) in [4.78, 5) is 10.6. The molecular weight excluding hydrogens is 140 g/mol. The lowest BCUT2D eigenvalue weighted by Crippen LogP contribution is -2.28. The average Bonchev–Trinajstić information content (AvgIpc) is 1.81. The highest BCUT2D eigenvalue weighted by atomic mass is 16.5. The first kappa shape index (κ1) is 8.31. The molecule has 1 aliphatic carbocycles. The van der Waals surface area contributed by atoms with Crippen LogP contribution in [0.3, 0.4) is 0 Å². The van der Waals surface area contributed by atoms with Crippen molar-refractivity contribution in [3.8, 4) is 0 Å². The van der Waals surface area contributed by atoms with Crippen LogP contribution < -0.4 is 0 Å². The Morgan fingerprint density at radius 3 is 2.64 bits per heavy atom. The molecule has 0 aromatic carbocycles. The van der Waals surface area contributed by atoms with E-state index in [-0.39, 0.29) is 12.1 Å². The molecule has 0 saturated heterocycles. The Kier molecular flexibility index (Phi) is 2.69. The molecule has 0 N–H and O–H groups in total. The zero-order valence-corrected chi connectivity index (χ0v) is 6.88. The third-order valence-corrected chi connectivity index (χ3v) is 2.15. The summed E-state index contributed by atoms with van der Waals surface area (Å²) in [5.41, 5.74) is 0. The fraction of sp³-hybridized carbons (Fsp3) is 0.667. The number of carbonyl (C=O) groups is 1. The Morgan fingerprint density at radius 1 is 1.73 bits per heavy atom. The Balaban J connectivity index is 2.35. The highest BCUT2D eigenvalue weighted by Crippen LogP contribution is 2.31. The van der Waals surface area contributed by atoms with Crippen molar-refractivity contribution in [3.63, 3.8) is 0 Å². The standard InChI is InChI=1S/C9H14O2/c1-3-9(11-7(2)10)8-5-4-6-8/h3,8-9H,1,4-6H2,2H3. The predicted molar refractivity (Wildman–Crippen MR) is 43.1 cm³/mol. The minimum atomic E-state index is -0.207. The second-order valence-electron chi connectivity index (χ2n) is 3.00. The van der Waals surface area contributed by atoms with E-state index in [1.165, 1.54) is 26.2 Å². The van der Waals surface area contributed by atoms with Gasteiger partial charge in [0.2, 0.25) is 0 Å². The summed E-state index contributed by atoms with van der Waals surface area (Å²) >= 11 is 0. The van der Waals surface area contributed by atoms with E-state index in [0.717, 1.165) is 0 Å². The van der Waals surface area contributed by atoms with Gasteiger partial charge in [0.05, 0.1) is 0 Å². The lowest BCUT2D eigenvalue weighted by atomic mass is 9.81. The van der Waals surface area contributed by atoms with E-state index in [1.807, 2.05) is 0 Å². The van der Waals surface area contributed by atoms with Crippen LogP contribution in [0.2, 0.25) is 0 Å². The molecule has 0 radical (unpaired) electrons. The van der Waals surface area contributed by atoms with Crippen molar-refractivity contribution in [2.75, 3.05) is 0 Å². The Morgan fingerprint density at radius 2 is 2.36 bits per heavy atom. The molecule has 1 aliphatic rings. The number of esters is 1. The maximum Gasteiger partial charge on any atom is 0.303 e. The number of rotatable bonds is 3.